The molecule has 1 aromatic heterocycles. The van der Waals surface area contributed by atoms with Crippen molar-refractivity contribution in [3.63, 3.8) is 0 Å². The van der Waals surface area contributed by atoms with E-state index < -0.39 is 6.09 Å². The number of hydrogen-bond acceptors (Lipinski definition) is 4. The van der Waals surface area contributed by atoms with Crippen LogP contribution in [0.25, 0.3) is 0 Å². The molecule has 1 aromatic rings. The topological polar surface area (TPSA) is 110 Å². The molecule has 1 amide bonds. The summed E-state index contributed by atoms with van der Waals surface area (Å²) >= 11 is 0. The van der Waals surface area contributed by atoms with Crippen LogP contribution in [0.5, 0.6) is 0 Å². The third-order valence-corrected chi connectivity index (χ3v) is 4.39. The number of carbonyl (C=O) groups is 2. The van der Waals surface area contributed by atoms with Crippen molar-refractivity contribution >= 4 is 12.0 Å². The van der Waals surface area contributed by atoms with Crippen LogP contribution in [0, 0.1) is 0 Å². The number of hydrogen-bond donors (Lipinski definition) is 3. The summed E-state index contributed by atoms with van der Waals surface area (Å²) in [4.78, 5) is 26.8. The van der Waals surface area contributed by atoms with Crippen LogP contribution in [0.3, 0.4) is 0 Å². The van der Waals surface area contributed by atoms with Gasteiger partial charge in [0.05, 0.1) is 5.69 Å². The second-order valence-corrected chi connectivity index (χ2v) is 6.95. The number of nitrogens with one attached hydrogen (secondary N) is 1. The van der Waals surface area contributed by atoms with Gasteiger partial charge in [-0.2, -0.15) is 0 Å². The fraction of sp³-hybridized carbons (Fsp3) is 0.737. The average Bonchev–Trinajstić information content (AvgIpc) is 3.05. The molecule has 0 aliphatic rings. The van der Waals surface area contributed by atoms with E-state index in [2.05, 4.69) is 10.3 Å². The lowest BCUT2D eigenvalue weighted by Gasteiger charge is -2.12. The Kier molecular flexibility index (Phi) is 11.4. The number of rotatable bonds is 14. The molecule has 0 aliphatic carbocycles. The van der Waals surface area contributed by atoms with Gasteiger partial charge in [0.2, 0.25) is 5.91 Å². The van der Waals surface area contributed by atoms with Crippen molar-refractivity contribution < 1.29 is 14.7 Å². The lowest BCUT2D eigenvalue weighted by molar-refractivity contribution is -0.121. The normalized spacial score (nSPS) is 12.1. The minimum atomic E-state index is -1.06. The lowest BCUT2D eigenvalue weighted by atomic mass is 10.1. The Morgan fingerprint density at radius 1 is 1.12 bits per heavy atom. The standard InChI is InChI=1S/C19H34N4O3/c1-16(13-17-14-23(15-21-17)19(25)26)22-18(24)11-9-7-5-3-2-4-6-8-10-12-20/h14-16H,2-13,20H2,1H3,(H,22,24)(H,25,26)/t16-/m1/s1. The van der Waals surface area contributed by atoms with Gasteiger partial charge in [-0.1, -0.05) is 44.9 Å². The van der Waals surface area contributed by atoms with E-state index in [1.165, 1.54) is 51.0 Å². The molecule has 1 rings (SSSR count). The van der Waals surface area contributed by atoms with Gasteiger partial charge in [0.25, 0.3) is 0 Å². The van der Waals surface area contributed by atoms with Crippen molar-refractivity contribution in [1.29, 1.82) is 0 Å². The smallest absolute Gasteiger partial charge is 0.416 e. The van der Waals surface area contributed by atoms with E-state index in [1.54, 1.807) is 0 Å². The highest BCUT2D eigenvalue weighted by Gasteiger charge is 2.11. The van der Waals surface area contributed by atoms with Gasteiger partial charge < -0.3 is 16.2 Å². The van der Waals surface area contributed by atoms with Gasteiger partial charge in [0.1, 0.15) is 6.33 Å². The van der Waals surface area contributed by atoms with Crippen LogP contribution in [0.15, 0.2) is 12.5 Å². The maximum absolute atomic E-state index is 12.0. The van der Waals surface area contributed by atoms with Crippen molar-refractivity contribution in [3.05, 3.63) is 18.2 Å². The second kappa shape index (κ2) is 13.3. The number of nitrogens with two attached hydrogens (primary N) is 1. The molecule has 1 atom stereocenters. The number of imidazole rings is 1. The number of carboxylic acid groups (broad SMARTS) is 1. The zero-order valence-corrected chi connectivity index (χ0v) is 16.0. The Bertz CT molecular complexity index is 531. The number of nitrogens with zero attached hydrogens (tertiary/aromatic N) is 2. The molecule has 4 N–H and O–H groups in total. The molecule has 26 heavy (non-hydrogen) atoms. The summed E-state index contributed by atoms with van der Waals surface area (Å²) < 4.78 is 1.02. The summed E-state index contributed by atoms with van der Waals surface area (Å²) in [7, 11) is 0. The summed E-state index contributed by atoms with van der Waals surface area (Å²) in [6, 6.07) is -0.0619. The van der Waals surface area contributed by atoms with Gasteiger partial charge in [-0.15, -0.1) is 0 Å². The summed E-state index contributed by atoms with van der Waals surface area (Å²) in [6.45, 7) is 2.70. The Balaban J connectivity index is 2.02. The maximum Gasteiger partial charge on any atom is 0.416 e. The Labute approximate surface area is 156 Å². The number of carbonyl (C=O) groups excluding carboxylic acids is 1. The molecule has 0 spiro atoms. The first-order valence-corrected chi connectivity index (χ1v) is 9.78. The SMILES string of the molecule is C[C@H](Cc1cn(C(=O)O)cn1)NC(=O)CCCCCCCCCCCN. The van der Waals surface area contributed by atoms with Gasteiger partial charge in [0.15, 0.2) is 0 Å². The minimum absolute atomic E-state index is 0.0527. The highest BCUT2D eigenvalue weighted by molar-refractivity contribution is 5.76. The van der Waals surface area contributed by atoms with Crippen LogP contribution in [0.2, 0.25) is 0 Å². The summed E-state index contributed by atoms with van der Waals surface area (Å²) in [5.74, 6) is 0.0527. The van der Waals surface area contributed by atoms with Crippen molar-refractivity contribution in [2.24, 2.45) is 5.73 Å². The van der Waals surface area contributed by atoms with Gasteiger partial charge in [-0.05, 0) is 26.3 Å². The third kappa shape index (κ3) is 10.2. The van der Waals surface area contributed by atoms with Gasteiger partial charge in [-0.25, -0.2) is 14.3 Å². The van der Waals surface area contributed by atoms with Gasteiger partial charge >= 0.3 is 6.09 Å². The molecule has 148 valence electrons. The monoisotopic (exact) mass is 366 g/mol. The molecule has 7 nitrogen and oxygen atoms in total. The van der Waals surface area contributed by atoms with Crippen LogP contribution in [0.4, 0.5) is 4.79 Å². The van der Waals surface area contributed by atoms with E-state index in [9.17, 15) is 9.59 Å². The lowest BCUT2D eigenvalue weighted by Crippen LogP contribution is -2.34. The molecule has 0 saturated heterocycles. The van der Waals surface area contributed by atoms with E-state index in [-0.39, 0.29) is 11.9 Å². The fourth-order valence-corrected chi connectivity index (χ4v) is 2.95. The van der Waals surface area contributed by atoms with Crippen molar-refractivity contribution in [3.8, 4) is 0 Å². The van der Waals surface area contributed by atoms with E-state index in [0.29, 0.717) is 18.5 Å². The van der Waals surface area contributed by atoms with Crippen LogP contribution < -0.4 is 11.1 Å². The van der Waals surface area contributed by atoms with Crippen LogP contribution in [-0.2, 0) is 11.2 Å². The Morgan fingerprint density at radius 3 is 2.23 bits per heavy atom. The number of aromatic nitrogens is 2. The molecule has 0 radical (unpaired) electrons. The number of amides is 1. The molecule has 0 aliphatic heterocycles. The molecule has 0 aromatic carbocycles. The molecule has 1 heterocycles. The highest BCUT2D eigenvalue weighted by Crippen LogP contribution is 2.10. The average molecular weight is 367 g/mol. The summed E-state index contributed by atoms with van der Waals surface area (Å²) in [5.41, 5.74) is 6.13. The van der Waals surface area contributed by atoms with E-state index in [1.807, 2.05) is 6.92 Å². The summed E-state index contributed by atoms with van der Waals surface area (Å²) in [5, 5.41) is 11.8. The molecular weight excluding hydrogens is 332 g/mol. The zero-order chi connectivity index (χ0) is 19.2. The predicted octanol–water partition coefficient (Wildman–Crippen LogP) is 3.32. The third-order valence-electron chi connectivity index (χ3n) is 4.39. The van der Waals surface area contributed by atoms with Crippen molar-refractivity contribution in [2.75, 3.05) is 6.54 Å². The van der Waals surface area contributed by atoms with Gasteiger partial charge in [-0.3, -0.25) is 4.79 Å². The minimum Gasteiger partial charge on any atom is -0.464 e. The fourth-order valence-electron chi connectivity index (χ4n) is 2.95. The van der Waals surface area contributed by atoms with Crippen LogP contribution in [0.1, 0.15) is 76.8 Å². The van der Waals surface area contributed by atoms with Gasteiger partial charge in [0, 0.05) is 25.1 Å². The molecule has 0 unspecified atom stereocenters. The molecule has 0 fully saturated rings. The summed E-state index contributed by atoms with van der Waals surface area (Å²) in [6.07, 6.45) is 13.4. The van der Waals surface area contributed by atoms with E-state index in [0.717, 1.165) is 30.4 Å². The first-order valence-electron chi connectivity index (χ1n) is 9.78. The quantitative estimate of drug-likeness (QED) is 0.437. The predicted molar refractivity (Wildman–Crippen MR) is 102 cm³/mol. The van der Waals surface area contributed by atoms with E-state index in [4.69, 9.17) is 10.8 Å². The highest BCUT2D eigenvalue weighted by atomic mass is 16.4. The van der Waals surface area contributed by atoms with Crippen molar-refractivity contribution in [1.82, 2.24) is 14.9 Å². The zero-order valence-electron chi connectivity index (χ0n) is 16.0. The second-order valence-electron chi connectivity index (χ2n) is 6.95. The van der Waals surface area contributed by atoms with E-state index >= 15 is 0 Å². The van der Waals surface area contributed by atoms with Crippen LogP contribution in [-0.4, -0.2) is 39.2 Å². The molecule has 0 bridgehead atoms. The molecule has 7 heteroatoms. The molecular formula is C19H34N4O3. The first kappa shape index (κ1) is 22.2. The van der Waals surface area contributed by atoms with Crippen LogP contribution >= 0.6 is 0 Å². The maximum atomic E-state index is 12.0. The molecule has 0 saturated carbocycles. The Morgan fingerprint density at radius 2 is 1.69 bits per heavy atom. The number of unbranched alkanes of at least 4 members (excludes halogenated alkanes) is 8. The Hall–Kier alpha value is -1.89. The van der Waals surface area contributed by atoms with Crippen molar-refractivity contribution in [2.45, 2.75) is 83.6 Å². The first-order chi connectivity index (χ1) is 12.5. The largest absolute Gasteiger partial charge is 0.464 e.